The lowest BCUT2D eigenvalue weighted by molar-refractivity contribution is -0.126. The van der Waals surface area contributed by atoms with Crippen molar-refractivity contribution in [3.8, 4) is 5.75 Å². The van der Waals surface area contributed by atoms with Crippen molar-refractivity contribution in [2.45, 2.75) is 39.3 Å². The molecule has 162 valence electrons. The molecule has 0 aliphatic carbocycles. The summed E-state index contributed by atoms with van der Waals surface area (Å²) in [5, 5.41) is 4.16. The molecular formula is C25H29N3O3. The Morgan fingerprint density at radius 1 is 1.23 bits per heavy atom. The van der Waals surface area contributed by atoms with Crippen molar-refractivity contribution < 1.29 is 14.3 Å². The number of fused-ring (bicyclic) bond motifs is 2. The molecule has 0 radical (unpaired) electrons. The number of carbonyl (C=O) groups is 2. The summed E-state index contributed by atoms with van der Waals surface area (Å²) in [7, 11) is 1.65. The number of methoxy groups -OCH3 is 1. The molecule has 6 heteroatoms. The van der Waals surface area contributed by atoms with E-state index in [4.69, 9.17) is 4.74 Å². The second kappa shape index (κ2) is 8.84. The lowest BCUT2D eigenvalue weighted by Crippen LogP contribution is -2.48. The summed E-state index contributed by atoms with van der Waals surface area (Å²) in [5.41, 5.74) is 3.86. The molecule has 0 spiro atoms. The lowest BCUT2D eigenvalue weighted by Gasteiger charge is -2.28. The van der Waals surface area contributed by atoms with E-state index in [1.54, 1.807) is 12.0 Å². The Morgan fingerprint density at radius 2 is 2.03 bits per heavy atom. The van der Waals surface area contributed by atoms with Crippen molar-refractivity contribution in [2.75, 3.05) is 13.7 Å². The first-order chi connectivity index (χ1) is 15.0. The number of aromatic nitrogens is 1. The average molecular weight is 420 g/mol. The minimum atomic E-state index is -0.469. The summed E-state index contributed by atoms with van der Waals surface area (Å²) in [5.74, 6) is 0.960. The molecule has 4 rings (SSSR count). The summed E-state index contributed by atoms with van der Waals surface area (Å²) >= 11 is 0. The van der Waals surface area contributed by atoms with Gasteiger partial charge in [-0.1, -0.05) is 32.0 Å². The highest BCUT2D eigenvalue weighted by Crippen LogP contribution is 2.27. The van der Waals surface area contributed by atoms with E-state index in [2.05, 4.69) is 24.1 Å². The monoisotopic (exact) mass is 419 g/mol. The highest BCUT2D eigenvalue weighted by atomic mass is 16.5. The van der Waals surface area contributed by atoms with Crippen molar-refractivity contribution in [1.82, 2.24) is 15.2 Å². The lowest BCUT2D eigenvalue weighted by atomic mass is 10.0. The highest BCUT2D eigenvalue weighted by molar-refractivity contribution is 6.01. The van der Waals surface area contributed by atoms with Crippen molar-refractivity contribution >= 4 is 22.7 Å². The van der Waals surface area contributed by atoms with Gasteiger partial charge in [-0.05, 0) is 54.2 Å². The summed E-state index contributed by atoms with van der Waals surface area (Å²) in [6, 6.07) is 13.1. The highest BCUT2D eigenvalue weighted by Gasteiger charge is 2.36. The van der Waals surface area contributed by atoms with Gasteiger partial charge in [0.2, 0.25) is 5.91 Å². The number of nitrogens with one attached hydrogen (secondary N) is 2. The molecule has 0 saturated heterocycles. The van der Waals surface area contributed by atoms with Crippen molar-refractivity contribution in [3.63, 3.8) is 0 Å². The zero-order valence-electron chi connectivity index (χ0n) is 18.3. The number of nitrogens with zero attached hydrogens (tertiary/aromatic N) is 1. The smallest absolute Gasteiger partial charge is 0.255 e. The van der Waals surface area contributed by atoms with E-state index in [1.165, 1.54) is 0 Å². The van der Waals surface area contributed by atoms with Crippen LogP contribution in [0, 0.1) is 5.92 Å². The van der Waals surface area contributed by atoms with E-state index in [-0.39, 0.29) is 11.8 Å². The van der Waals surface area contributed by atoms with Gasteiger partial charge in [0.15, 0.2) is 0 Å². The van der Waals surface area contributed by atoms with E-state index in [1.807, 2.05) is 48.7 Å². The maximum atomic E-state index is 13.1. The number of benzene rings is 2. The van der Waals surface area contributed by atoms with Crippen LogP contribution in [0.25, 0.3) is 10.9 Å². The van der Waals surface area contributed by atoms with Crippen LogP contribution in [0.1, 0.15) is 41.8 Å². The molecule has 0 bridgehead atoms. The van der Waals surface area contributed by atoms with Gasteiger partial charge in [0, 0.05) is 35.8 Å². The van der Waals surface area contributed by atoms with Crippen LogP contribution in [-0.2, 0) is 17.8 Å². The molecule has 1 atom stereocenters. The molecular weight excluding hydrogens is 390 g/mol. The predicted octanol–water partition coefficient (Wildman–Crippen LogP) is 3.91. The van der Waals surface area contributed by atoms with Gasteiger partial charge in [0.25, 0.3) is 5.91 Å². The molecule has 2 heterocycles. The van der Waals surface area contributed by atoms with Crippen LogP contribution < -0.4 is 10.1 Å². The number of hydrogen-bond donors (Lipinski definition) is 2. The first-order valence-electron chi connectivity index (χ1n) is 10.8. The fraction of sp³-hybridized carbons (Fsp3) is 0.360. The second-order valence-electron chi connectivity index (χ2n) is 8.50. The van der Waals surface area contributed by atoms with E-state index < -0.39 is 6.04 Å². The van der Waals surface area contributed by atoms with Crippen LogP contribution in [0.15, 0.2) is 48.7 Å². The maximum Gasteiger partial charge on any atom is 0.255 e. The van der Waals surface area contributed by atoms with Crippen molar-refractivity contribution in [1.29, 1.82) is 0 Å². The largest absolute Gasteiger partial charge is 0.497 e. The standard InChI is InChI=1S/C25H29N3O3/c1-16(2)12-23(28-15-18-6-4-5-7-20(18)25(28)30)24(29)26-11-10-17-14-27-22-9-8-19(31-3)13-21(17)22/h4-9,13-14,16,23,27H,10-12,15H2,1-3H3,(H,26,29)/t23-/m0/s1. The molecule has 0 unspecified atom stereocenters. The number of ether oxygens (including phenoxy) is 1. The zero-order chi connectivity index (χ0) is 22.0. The zero-order valence-corrected chi connectivity index (χ0v) is 18.3. The number of rotatable bonds is 8. The first-order valence-corrected chi connectivity index (χ1v) is 10.8. The number of aromatic amines is 1. The van der Waals surface area contributed by atoms with Gasteiger partial charge in [0.1, 0.15) is 11.8 Å². The number of carbonyl (C=O) groups excluding carboxylic acids is 2. The molecule has 2 N–H and O–H groups in total. The van der Waals surface area contributed by atoms with Crippen LogP contribution in [0.5, 0.6) is 5.75 Å². The van der Waals surface area contributed by atoms with Crippen LogP contribution >= 0.6 is 0 Å². The quantitative estimate of drug-likeness (QED) is 0.581. The van der Waals surface area contributed by atoms with Crippen LogP contribution in [0.2, 0.25) is 0 Å². The Labute approximate surface area is 182 Å². The molecule has 0 fully saturated rings. The summed E-state index contributed by atoms with van der Waals surface area (Å²) in [6.07, 6.45) is 3.31. The van der Waals surface area contributed by atoms with Gasteiger partial charge in [-0.15, -0.1) is 0 Å². The third kappa shape index (κ3) is 4.29. The number of amides is 2. The molecule has 2 amide bonds. The van der Waals surface area contributed by atoms with Crippen molar-refractivity contribution in [2.24, 2.45) is 5.92 Å². The third-order valence-corrected chi connectivity index (χ3v) is 5.89. The van der Waals surface area contributed by atoms with Crippen molar-refractivity contribution in [3.05, 3.63) is 65.4 Å². The number of H-pyrrole nitrogens is 1. The molecule has 31 heavy (non-hydrogen) atoms. The topological polar surface area (TPSA) is 74.4 Å². The molecule has 1 aromatic heterocycles. The van der Waals surface area contributed by atoms with E-state index in [9.17, 15) is 9.59 Å². The van der Waals surface area contributed by atoms with Crippen LogP contribution in [-0.4, -0.2) is 41.4 Å². The molecule has 6 nitrogen and oxygen atoms in total. The van der Waals surface area contributed by atoms with Gasteiger partial charge in [0.05, 0.1) is 7.11 Å². The Hall–Kier alpha value is -3.28. The summed E-state index contributed by atoms with van der Waals surface area (Å²) in [6.45, 7) is 5.15. The maximum absolute atomic E-state index is 13.1. The Balaban J connectivity index is 1.44. The van der Waals surface area contributed by atoms with Gasteiger partial charge in [-0.3, -0.25) is 9.59 Å². The molecule has 2 aromatic carbocycles. The molecule has 1 aliphatic heterocycles. The molecule has 1 aliphatic rings. The molecule has 3 aromatic rings. The Kier molecular flexibility index (Phi) is 5.98. The third-order valence-electron chi connectivity index (χ3n) is 5.89. The fourth-order valence-electron chi connectivity index (χ4n) is 4.28. The van der Waals surface area contributed by atoms with Gasteiger partial charge >= 0.3 is 0 Å². The van der Waals surface area contributed by atoms with E-state index >= 15 is 0 Å². The summed E-state index contributed by atoms with van der Waals surface area (Å²) in [4.78, 5) is 31.0. The Morgan fingerprint density at radius 3 is 2.77 bits per heavy atom. The van der Waals surface area contributed by atoms with Gasteiger partial charge in [-0.25, -0.2) is 0 Å². The van der Waals surface area contributed by atoms with Crippen LogP contribution in [0.3, 0.4) is 0 Å². The Bertz CT molecular complexity index is 1100. The normalized spacial score (nSPS) is 14.2. The van der Waals surface area contributed by atoms with Gasteiger partial charge in [-0.2, -0.15) is 0 Å². The number of hydrogen-bond acceptors (Lipinski definition) is 3. The minimum Gasteiger partial charge on any atom is -0.497 e. The van der Waals surface area contributed by atoms with Gasteiger partial charge < -0.3 is 19.9 Å². The fourth-order valence-corrected chi connectivity index (χ4v) is 4.28. The van der Waals surface area contributed by atoms with Crippen LogP contribution in [0.4, 0.5) is 0 Å². The SMILES string of the molecule is COc1ccc2[nH]cc(CCNC(=O)[C@H](CC(C)C)N3Cc4ccccc4C3=O)c2c1. The first kappa shape index (κ1) is 21.0. The average Bonchev–Trinajstić information content (AvgIpc) is 3.32. The second-order valence-corrected chi connectivity index (χ2v) is 8.50. The predicted molar refractivity (Wildman–Crippen MR) is 121 cm³/mol. The summed E-state index contributed by atoms with van der Waals surface area (Å²) < 4.78 is 5.33. The van der Waals surface area contributed by atoms with E-state index in [0.717, 1.165) is 27.8 Å². The minimum absolute atomic E-state index is 0.0554. The molecule has 0 saturated carbocycles. The van der Waals surface area contributed by atoms with E-state index in [0.29, 0.717) is 37.4 Å².